The lowest BCUT2D eigenvalue weighted by Crippen LogP contribution is -2.13. The molecule has 0 amide bonds. The van der Waals surface area contributed by atoms with Crippen molar-refractivity contribution in [1.82, 2.24) is 0 Å². The molecule has 4 heteroatoms. The molecule has 0 aromatic heterocycles. The Kier molecular flexibility index (Phi) is 8.20. The van der Waals surface area contributed by atoms with Crippen LogP contribution in [0.3, 0.4) is 0 Å². The van der Waals surface area contributed by atoms with Gasteiger partial charge in [0.2, 0.25) is 0 Å². The van der Waals surface area contributed by atoms with Crippen LogP contribution in [0.4, 0.5) is 0 Å². The van der Waals surface area contributed by atoms with Crippen molar-refractivity contribution in [3.8, 4) is 0 Å². The summed E-state index contributed by atoms with van der Waals surface area (Å²) in [6.07, 6.45) is 2.21. The Morgan fingerprint density at radius 2 is 1.21 bits per heavy atom. The standard InChI is InChI=1S/C10H18Br2O2/c1-3-5-7(13)9(11)10(12)8(14)6-4-2/h7-8,13-14H,3-6H2,1-2H3/b10-9+/t7-,8-/m0/s1. The van der Waals surface area contributed by atoms with Crippen LogP contribution in [0.15, 0.2) is 8.96 Å². The first-order valence-corrected chi connectivity index (χ1v) is 6.54. The molecule has 0 heterocycles. The van der Waals surface area contributed by atoms with E-state index < -0.39 is 12.2 Å². The second-order valence-corrected chi connectivity index (χ2v) is 5.01. The molecule has 0 bridgehead atoms. The molecule has 0 spiro atoms. The summed E-state index contributed by atoms with van der Waals surface area (Å²) in [5, 5.41) is 19.3. The predicted molar refractivity (Wildman–Crippen MR) is 66.7 cm³/mol. The van der Waals surface area contributed by atoms with E-state index in [0.717, 1.165) is 12.8 Å². The second kappa shape index (κ2) is 7.85. The molecule has 0 saturated carbocycles. The number of aliphatic hydroxyl groups is 2. The van der Waals surface area contributed by atoms with Crippen LogP contribution in [-0.4, -0.2) is 22.4 Å². The molecule has 2 nitrogen and oxygen atoms in total. The molecule has 0 aliphatic rings. The van der Waals surface area contributed by atoms with Crippen molar-refractivity contribution in [2.24, 2.45) is 0 Å². The number of hydrogen-bond donors (Lipinski definition) is 2. The van der Waals surface area contributed by atoms with Crippen LogP contribution in [0.2, 0.25) is 0 Å². The third-order valence-corrected chi connectivity index (χ3v) is 4.38. The van der Waals surface area contributed by atoms with Gasteiger partial charge < -0.3 is 10.2 Å². The van der Waals surface area contributed by atoms with Crippen LogP contribution in [0.1, 0.15) is 39.5 Å². The van der Waals surface area contributed by atoms with Gasteiger partial charge in [-0.25, -0.2) is 0 Å². The predicted octanol–water partition coefficient (Wildman–Crippen LogP) is 3.31. The van der Waals surface area contributed by atoms with Crippen molar-refractivity contribution >= 4 is 31.9 Å². The summed E-state index contributed by atoms with van der Waals surface area (Å²) < 4.78 is 1.33. The Morgan fingerprint density at radius 1 is 0.929 bits per heavy atom. The maximum absolute atomic E-state index is 9.66. The zero-order valence-corrected chi connectivity index (χ0v) is 11.8. The van der Waals surface area contributed by atoms with Gasteiger partial charge in [0.25, 0.3) is 0 Å². The molecule has 0 saturated heterocycles. The summed E-state index contributed by atoms with van der Waals surface area (Å²) in [7, 11) is 0. The van der Waals surface area contributed by atoms with Gasteiger partial charge >= 0.3 is 0 Å². The summed E-state index contributed by atoms with van der Waals surface area (Å²) in [5.41, 5.74) is 0. The zero-order chi connectivity index (χ0) is 11.1. The van der Waals surface area contributed by atoms with E-state index in [1.165, 1.54) is 0 Å². The van der Waals surface area contributed by atoms with E-state index in [1.807, 2.05) is 13.8 Å². The van der Waals surface area contributed by atoms with E-state index in [9.17, 15) is 10.2 Å². The van der Waals surface area contributed by atoms with Crippen molar-refractivity contribution in [2.75, 3.05) is 0 Å². The van der Waals surface area contributed by atoms with E-state index in [4.69, 9.17) is 0 Å². The van der Waals surface area contributed by atoms with Crippen LogP contribution < -0.4 is 0 Å². The van der Waals surface area contributed by atoms with Crippen LogP contribution >= 0.6 is 31.9 Å². The SMILES string of the molecule is CCC[C@H](O)/C(Br)=C(\Br)[C@@H](O)CCC. The van der Waals surface area contributed by atoms with E-state index in [0.29, 0.717) is 21.8 Å². The van der Waals surface area contributed by atoms with Gasteiger partial charge in [-0.15, -0.1) is 0 Å². The normalized spacial score (nSPS) is 17.6. The highest BCUT2D eigenvalue weighted by Crippen LogP contribution is 2.28. The first kappa shape index (κ1) is 14.6. The molecule has 84 valence electrons. The van der Waals surface area contributed by atoms with E-state index in [1.54, 1.807) is 0 Å². The Morgan fingerprint density at radius 3 is 1.43 bits per heavy atom. The van der Waals surface area contributed by atoms with Gasteiger partial charge in [-0.3, -0.25) is 0 Å². The molecule has 2 atom stereocenters. The van der Waals surface area contributed by atoms with E-state index >= 15 is 0 Å². The molecular weight excluding hydrogens is 312 g/mol. The molecule has 2 N–H and O–H groups in total. The minimum absolute atomic E-state index is 0.513. The number of aliphatic hydroxyl groups excluding tert-OH is 2. The lowest BCUT2D eigenvalue weighted by atomic mass is 10.1. The Hall–Kier alpha value is 0.620. The molecule has 0 aromatic rings. The van der Waals surface area contributed by atoms with Gasteiger partial charge in [-0.1, -0.05) is 58.5 Å². The highest BCUT2D eigenvalue weighted by Gasteiger charge is 2.16. The topological polar surface area (TPSA) is 40.5 Å². The maximum Gasteiger partial charge on any atom is 0.0863 e. The van der Waals surface area contributed by atoms with Gasteiger partial charge in [-0.05, 0) is 12.8 Å². The average molecular weight is 330 g/mol. The lowest BCUT2D eigenvalue weighted by Gasteiger charge is -2.15. The first-order chi connectivity index (χ1) is 6.54. The molecule has 0 unspecified atom stereocenters. The monoisotopic (exact) mass is 328 g/mol. The van der Waals surface area contributed by atoms with Crippen LogP contribution in [-0.2, 0) is 0 Å². The van der Waals surface area contributed by atoms with Crippen LogP contribution in [0.25, 0.3) is 0 Å². The Labute approximate surface area is 103 Å². The molecule has 0 rings (SSSR count). The molecule has 0 aromatic carbocycles. The van der Waals surface area contributed by atoms with Crippen molar-refractivity contribution < 1.29 is 10.2 Å². The molecular formula is C10H18Br2O2. The Balaban J connectivity index is 4.39. The molecule has 0 radical (unpaired) electrons. The maximum atomic E-state index is 9.66. The van der Waals surface area contributed by atoms with E-state index in [-0.39, 0.29) is 0 Å². The summed E-state index contributed by atoms with van der Waals surface area (Å²) in [6.45, 7) is 4.03. The number of rotatable bonds is 6. The third kappa shape index (κ3) is 4.91. The first-order valence-electron chi connectivity index (χ1n) is 4.95. The molecule has 14 heavy (non-hydrogen) atoms. The minimum atomic E-state index is -0.513. The molecule has 0 fully saturated rings. The fraction of sp³-hybridized carbons (Fsp3) is 0.800. The minimum Gasteiger partial charge on any atom is -0.388 e. The third-order valence-electron chi connectivity index (χ3n) is 1.94. The second-order valence-electron chi connectivity index (χ2n) is 3.30. The van der Waals surface area contributed by atoms with Gasteiger partial charge in [0.05, 0.1) is 12.2 Å². The fourth-order valence-electron chi connectivity index (χ4n) is 1.12. The average Bonchev–Trinajstić information content (AvgIpc) is 2.16. The number of halogens is 2. The highest BCUT2D eigenvalue weighted by molar-refractivity contribution is 9.14. The molecule has 0 aliphatic heterocycles. The summed E-state index contributed by atoms with van der Waals surface area (Å²) in [6, 6.07) is 0. The highest BCUT2D eigenvalue weighted by atomic mass is 79.9. The summed E-state index contributed by atoms with van der Waals surface area (Å²) >= 11 is 6.61. The van der Waals surface area contributed by atoms with Crippen molar-refractivity contribution in [2.45, 2.75) is 51.7 Å². The van der Waals surface area contributed by atoms with Crippen LogP contribution in [0.5, 0.6) is 0 Å². The summed E-state index contributed by atoms with van der Waals surface area (Å²) in [4.78, 5) is 0. The molecule has 0 aliphatic carbocycles. The van der Waals surface area contributed by atoms with E-state index in [2.05, 4.69) is 31.9 Å². The quantitative estimate of drug-likeness (QED) is 0.784. The van der Waals surface area contributed by atoms with Crippen molar-refractivity contribution in [3.63, 3.8) is 0 Å². The van der Waals surface area contributed by atoms with Gasteiger partial charge in [0.15, 0.2) is 0 Å². The van der Waals surface area contributed by atoms with Crippen LogP contribution in [0, 0.1) is 0 Å². The van der Waals surface area contributed by atoms with Gasteiger partial charge in [0.1, 0.15) is 0 Å². The Bertz CT molecular complexity index is 173. The van der Waals surface area contributed by atoms with Crippen molar-refractivity contribution in [1.29, 1.82) is 0 Å². The smallest absolute Gasteiger partial charge is 0.0863 e. The zero-order valence-electron chi connectivity index (χ0n) is 8.63. The van der Waals surface area contributed by atoms with Crippen molar-refractivity contribution in [3.05, 3.63) is 8.96 Å². The lowest BCUT2D eigenvalue weighted by molar-refractivity contribution is 0.191. The van der Waals surface area contributed by atoms with Gasteiger partial charge in [0, 0.05) is 8.96 Å². The van der Waals surface area contributed by atoms with Gasteiger partial charge in [-0.2, -0.15) is 0 Å². The largest absolute Gasteiger partial charge is 0.388 e. The fourth-order valence-corrected chi connectivity index (χ4v) is 2.10. The summed E-state index contributed by atoms with van der Waals surface area (Å²) in [5.74, 6) is 0. The number of hydrogen-bond acceptors (Lipinski definition) is 2.